The lowest BCUT2D eigenvalue weighted by molar-refractivity contribution is 0.260. The van der Waals surface area contributed by atoms with Crippen LogP contribution in [0.15, 0.2) is 15.7 Å². The van der Waals surface area contributed by atoms with E-state index >= 15 is 0 Å². The smallest absolute Gasteiger partial charge is 0.298 e. The molecule has 1 N–H and O–H groups in total. The largest absolute Gasteiger partial charge is 0.329 e. The zero-order valence-corrected chi connectivity index (χ0v) is 10.7. The van der Waals surface area contributed by atoms with E-state index in [2.05, 4.69) is 11.9 Å². The van der Waals surface area contributed by atoms with E-state index in [0.29, 0.717) is 12.5 Å². The quantitative estimate of drug-likeness (QED) is 0.823. The molecule has 0 spiro atoms. The van der Waals surface area contributed by atoms with E-state index in [1.54, 1.807) is 0 Å². The molecule has 17 heavy (non-hydrogen) atoms. The lowest BCUT2D eigenvalue weighted by atomic mass is 9.83. The van der Waals surface area contributed by atoms with E-state index in [-0.39, 0.29) is 10.7 Å². The Hall–Kier alpha value is -1.03. The first-order valence-corrected chi connectivity index (χ1v) is 6.43. The maximum atomic E-state index is 11.7. The fourth-order valence-corrected chi connectivity index (χ4v) is 2.61. The van der Waals surface area contributed by atoms with Crippen LogP contribution in [0, 0.1) is 11.8 Å². The van der Waals surface area contributed by atoms with Gasteiger partial charge >= 0.3 is 5.69 Å². The second-order valence-electron chi connectivity index (χ2n) is 5.00. The molecule has 1 aliphatic carbocycles. The Morgan fingerprint density at radius 1 is 1.35 bits per heavy atom. The minimum absolute atomic E-state index is 0.105. The van der Waals surface area contributed by atoms with Gasteiger partial charge in [0, 0.05) is 12.6 Å². The van der Waals surface area contributed by atoms with Crippen LogP contribution in [0.2, 0.25) is 5.15 Å². The van der Waals surface area contributed by atoms with E-state index in [9.17, 15) is 9.59 Å². The Bertz CT molecular complexity index is 467. The molecule has 2 rings (SSSR count). The number of hydrogen-bond acceptors (Lipinski definition) is 2. The molecule has 1 saturated carbocycles. The minimum Gasteiger partial charge on any atom is -0.298 e. The average Bonchev–Trinajstić information content (AvgIpc) is 2.26. The Labute approximate surface area is 105 Å². The zero-order chi connectivity index (χ0) is 12.4. The van der Waals surface area contributed by atoms with Gasteiger partial charge in [-0.2, -0.15) is 0 Å². The van der Waals surface area contributed by atoms with Gasteiger partial charge in [-0.25, -0.2) is 4.79 Å². The molecule has 1 aromatic heterocycles. The highest BCUT2D eigenvalue weighted by atomic mass is 35.5. The SMILES string of the molecule is CC1CCC(Cn2c(=O)cc(Cl)[nH]c2=O)CC1. The third kappa shape index (κ3) is 3.00. The number of H-pyrrole nitrogens is 1. The third-order valence-electron chi connectivity index (χ3n) is 3.56. The standard InChI is InChI=1S/C12H17ClN2O2/c1-8-2-4-9(5-3-8)7-15-11(16)6-10(13)14-12(15)17/h6,8-9H,2-5,7H2,1H3,(H,14,17). The molecule has 0 amide bonds. The van der Waals surface area contributed by atoms with Crippen LogP contribution in [0.1, 0.15) is 32.6 Å². The van der Waals surface area contributed by atoms with Crippen molar-refractivity contribution in [3.05, 3.63) is 32.1 Å². The zero-order valence-electron chi connectivity index (χ0n) is 9.91. The summed E-state index contributed by atoms with van der Waals surface area (Å²) in [6, 6.07) is 1.26. The highest BCUT2D eigenvalue weighted by Gasteiger charge is 2.19. The summed E-state index contributed by atoms with van der Waals surface area (Å²) >= 11 is 5.62. The second kappa shape index (κ2) is 5.08. The summed E-state index contributed by atoms with van der Waals surface area (Å²) in [5.74, 6) is 1.21. The first kappa shape index (κ1) is 12.4. The fourth-order valence-electron chi connectivity index (χ4n) is 2.43. The number of nitrogens with zero attached hydrogens (tertiary/aromatic N) is 1. The topological polar surface area (TPSA) is 54.9 Å². The first-order valence-electron chi connectivity index (χ1n) is 6.06. The van der Waals surface area contributed by atoms with Crippen LogP contribution in [0.4, 0.5) is 0 Å². The normalized spacial score (nSPS) is 24.8. The van der Waals surface area contributed by atoms with Gasteiger partial charge in [-0.1, -0.05) is 31.4 Å². The molecule has 0 aliphatic heterocycles. The molecule has 0 aromatic carbocycles. The third-order valence-corrected chi connectivity index (χ3v) is 3.77. The summed E-state index contributed by atoms with van der Waals surface area (Å²) in [6.07, 6.45) is 4.56. The Morgan fingerprint density at radius 2 is 2.00 bits per heavy atom. The second-order valence-corrected chi connectivity index (χ2v) is 5.40. The number of hydrogen-bond donors (Lipinski definition) is 1. The van der Waals surface area contributed by atoms with Crippen LogP contribution in [-0.4, -0.2) is 9.55 Å². The molecule has 1 aromatic rings. The van der Waals surface area contributed by atoms with Gasteiger partial charge in [0.2, 0.25) is 0 Å². The lowest BCUT2D eigenvalue weighted by Crippen LogP contribution is -2.37. The summed E-state index contributed by atoms with van der Waals surface area (Å²) in [5.41, 5.74) is -0.710. The molecular formula is C12H17ClN2O2. The molecule has 1 heterocycles. The molecule has 1 fully saturated rings. The van der Waals surface area contributed by atoms with Crippen LogP contribution in [-0.2, 0) is 6.54 Å². The highest BCUT2D eigenvalue weighted by Crippen LogP contribution is 2.28. The molecule has 4 nitrogen and oxygen atoms in total. The van der Waals surface area contributed by atoms with Gasteiger partial charge in [-0.05, 0) is 24.7 Å². The van der Waals surface area contributed by atoms with Crippen LogP contribution >= 0.6 is 11.6 Å². The molecule has 5 heteroatoms. The molecule has 0 saturated heterocycles. The van der Waals surface area contributed by atoms with Crippen LogP contribution < -0.4 is 11.2 Å². The van der Waals surface area contributed by atoms with Crippen molar-refractivity contribution in [3.63, 3.8) is 0 Å². The molecule has 0 atom stereocenters. The predicted molar refractivity (Wildman–Crippen MR) is 67.5 cm³/mol. The number of aromatic amines is 1. The fraction of sp³-hybridized carbons (Fsp3) is 0.667. The molecule has 0 unspecified atom stereocenters. The van der Waals surface area contributed by atoms with E-state index < -0.39 is 5.69 Å². The van der Waals surface area contributed by atoms with Gasteiger partial charge < -0.3 is 0 Å². The van der Waals surface area contributed by atoms with E-state index in [1.165, 1.54) is 23.5 Å². The molecular weight excluding hydrogens is 240 g/mol. The molecule has 1 aliphatic rings. The van der Waals surface area contributed by atoms with Crippen molar-refractivity contribution in [2.75, 3.05) is 0 Å². The van der Waals surface area contributed by atoms with Gasteiger partial charge in [-0.15, -0.1) is 0 Å². The molecule has 0 radical (unpaired) electrons. The van der Waals surface area contributed by atoms with Crippen molar-refractivity contribution in [1.82, 2.24) is 9.55 Å². The molecule has 0 bridgehead atoms. The first-order chi connectivity index (χ1) is 8.06. The van der Waals surface area contributed by atoms with Crippen molar-refractivity contribution >= 4 is 11.6 Å². The summed E-state index contributed by atoms with van der Waals surface area (Å²) in [4.78, 5) is 25.7. The monoisotopic (exact) mass is 256 g/mol. The maximum Gasteiger partial charge on any atom is 0.329 e. The van der Waals surface area contributed by atoms with Gasteiger partial charge in [0.05, 0.1) is 0 Å². The highest BCUT2D eigenvalue weighted by molar-refractivity contribution is 6.29. The van der Waals surface area contributed by atoms with Gasteiger partial charge in [0.25, 0.3) is 5.56 Å². The van der Waals surface area contributed by atoms with Crippen molar-refractivity contribution in [2.24, 2.45) is 11.8 Å². The Morgan fingerprint density at radius 3 is 2.59 bits per heavy atom. The Balaban J connectivity index is 2.14. The summed E-state index contributed by atoms with van der Waals surface area (Å²) in [6.45, 7) is 2.76. The Kier molecular flexibility index (Phi) is 3.72. The van der Waals surface area contributed by atoms with Gasteiger partial charge in [0.1, 0.15) is 5.15 Å². The van der Waals surface area contributed by atoms with E-state index in [0.717, 1.165) is 18.8 Å². The van der Waals surface area contributed by atoms with E-state index in [1.807, 2.05) is 0 Å². The predicted octanol–water partition coefficient (Wildman–Crippen LogP) is 2.02. The summed E-state index contributed by atoms with van der Waals surface area (Å²) < 4.78 is 1.26. The van der Waals surface area contributed by atoms with Crippen LogP contribution in [0.3, 0.4) is 0 Å². The van der Waals surface area contributed by atoms with E-state index in [4.69, 9.17) is 11.6 Å². The number of rotatable bonds is 2. The summed E-state index contributed by atoms with van der Waals surface area (Å²) in [7, 11) is 0. The number of nitrogens with one attached hydrogen (secondary N) is 1. The van der Waals surface area contributed by atoms with Crippen molar-refractivity contribution in [1.29, 1.82) is 0 Å². The van der Waals surface area contributed by atoms with Crippen LogP contribution in [0.25, 0.3) is 0 Å². The average molecular weight is 257 g/mol. The summed E-state index contributed by atoms with van der Waals surface area (Å²) in [5, 5.41) is 0.105. The minimum atomic E-state index is -0.402. The number of halogens is 1. The van der Waals surface area contributed by atoms with Crippen molar-refractivity contribution in [3.8, 4) is 0 Å². The number of aromatic nitrogens is 2. The van der Waals surface area contributed by atoms with Crippen LogP contribution in [0.5, 0.6) is 0 Å². The van der Waals surface area contributed by atoms with Gasteiger partial charge in [-0.3, -0.25) is 14.3 Å². The molecule has 94 valence electrons. The van der Waals surface area contributed by atoms with Gasteiger partial charge in [0.15, 0.2) is 0 Å². The van der Waals surface area contributed by atoms with Crippen molar-refractivity contribution < 1.29 is 0 Å². The lowest BCUT2D eigenvalue weighted by Gasteiger charge is -2.26. The van der Waals surface area contributed by atoms with Crippen molar-refractivity contribution in [2.45, 2.75) is 39.2 Å². The maximum absolute atomic E-state index is 11.7.